The Morgan fingerprint density at radius 2 is 2.11 bits per heavy atom. The second kappa shape index (κ2) is 6.80. The lowest BCUT2D eigenvalue weighted by Crippen LogP contribution is -2.30. The van der Waals surface area contributed by atoms with Crippen molar-refractivity contribution in [2.45, 2.75) is 25.3 Å². The molecule has 0 radical (unpaired) electrons. The zero-order chi connectivity index (χ0) is 19.1. The Hall–Kier alpha value is -3.12. The van der Waals surface area contributed by atoms with Gasteiger partial charge in [0.15, 0.2) is 0 Å². The number of amides is 2. The molecule has 1 unspecified atom stereocenters. The number of thiophene rings is 1. The Labute approximate surface area is 166 Å². The van der Waals surface area contributed by atoms with Crippen molar-refractivity contribution in [2.75, 3.05) is 5.32 Å². The Kier molecular flexibility index (Phi) is 4.13. The SMILES string of the molecule is O=C1Nc2sc(C(=O)NC3CCCc4ccccc43)cc2/C1=C/c1ccc[nH]1. The minimum absolute atomic E-state index is 0.0397. The van der Waals surface area contributed by atoms with Crippen molar-refractivity contribution >= 4 is 39.8 Å². The van der Waals surface area contributed by atoms with Gasteiger partial charge in [0.1, 0.15) is 5.00 Å². The summed E-state index contributed by atoms with van der Waals surface area (Å²) in [5.41, 5.74) is 4.76. The van der Waals surface area contributed by atoms with E-state index in [1.54, 1.807) is 0 Å². The van der Waals surface area contributed by atoms with Gasteiger partial charge in [-0.15, -0.1) is 11.3 Å². The lowest BCUT2D eigenvalue weighted by Gasteiger charge is -2.26. The number of fused-ring (bicyclic) bond motifs is 2. The molecule has 140 valence electrons. The van der Waals surface area contributed by atoms with Crippen LogP contribution < -0.4 is 10.6 Å². The van der Waals surface area contributed by atoms with Crippen LogP contribution in [-0.4, -0.2) is 16.8 Å². The highest BCUT2D eigenvalue weighted by atomic mass is 32.1. The number of rotatable bonds is 3. The summed E-state index contributed by atoms with van der Waals surface area (Å²) in [4.78, 5) is 28.9. The third-order valence-electron chi connectivity index (χ3n) is 5.31. The number of H-pyrrole nitrogens is 1. The van der Waals surface area contributed by atoms with Gasteiger partial charge in [0.2, 0.25) is 0 Å². The van der Waals surface area contributed by atoms with Crippen LogP contribution in [0.25, 0.3) is 11.6 Å². The van der Waals surface area contributed by atoms with E-state index in [-0.39, 0.29) is 17.9 Å². The van der Waals surface area contributed by atoms with Gasteiger partial charge in [-0.2, -0.15) is 0 Å². The van der Waals surface area contributed by atoms with Crippen LogP contribution in [-0.2, 0) is 11.2 Å². The third kappa shape index (κ3) is 2.96. The fraction of sp³-hybridized carbons (Fsp3) is 0.182. The van der Waals surface area contributed by atoms with E-state index in [1.165, 1.54) is 22.5 Å². The van der Waals surface area contributed by atoms with Crippen molar-refractivity contribution in [1.82, 2.24) is 10.3 Å². The topological polar surface area (TPSA) is 74.0 Å². The van der Waals surface area contributed by atoms with Crippen LogP contribution >= 0.6 is 11.3 Å². The lowest BCUT2D eigenvalue weighted by atomic mass is 9.88. The van der Waals surface area contributed by atoms with E-state index in [9.17, 15) is 9.59 Å². The van der Waals surface area contributed by atoms with E-state index < -0.39 is 0 Å². The minimum Gasteiger partial charge on any atom is -0.362 e. The molecule has 0 bridgehead atoms. The summed E-state index contributed by atoms with van der Waals surface area (Å²) in [6.45, 7) is 0. The van der Waals surface area contributed by atoms with Gasteiger partial charge >= 0.3 is 0 Å². The maximum Gasteiger partial charge on any atom is 0.261 e. The van der Waals surface area contributed by atoms with Crippen LogP contribution in [0.15, 0.2) is 48.7 Å². The number of aryl methyl sites for hydroxylation is 1. The van der Waals surface area contributed by atoms with Gasteiger partial charge < -0.3 is 15.6 Å². The van der Waals surface area contributed by atoms with E-state index >= 15 is 0 Å². The highest BCUT2D eigenvalue weighted by Gasteiger charge is 2.29. The molecule has 3 heterocycles. The second-order valence-electron chi connectivity index (χ2n) is 7.11. The molecule has 2 aromatic heterocycles. The van der Waals surface area contributed by atoms with Crippen molar-refractivity contribution in [3.63, 3.8) is 0 Å². The van der Waals surface area contributed by atoms with E-state index in [4.69, 9.17) is 0 Å². The van der Waals surface area contributed by atoms with E-state index in [0.717, 1.165) is 35.5 Å². The number of nitrogens with one attached hydrogen (secondary N) is 3. The molecule has 1 aliphatic carbocycles. The number of carbonyl (C=O) groups is 2. The molecule has 2 aliphatic rings. The summed E-state index contributed by atoms with van der Waals surface area (Å²) >= 11 is 1.33. The van der Waals surface area contributed by atoms with Gasteiger partial charge in [0, 0.05) is 17.5 Å². The van der Waals surface area contributed by atoms with Gasteiger partial charge in [0.25, 0.3) is 11.8 Å². The molecular weight excluding hydrogens is 370 g/mol. The first-order valence-corrected chi connectivity index (χ1v) is 10.2. The Balaban J connectivity index is 1.40. The fourth-order valence-corrected chi connectivity index (χ4v) is 4.93. The summed E-state index contributed by atoms with van der Waals surface area (Å²) in [5.74, 6) is -0.224. The summed E-state index contributed by atoms with van der Waals surface area (Å²) in [6.07, 6.45) is 6.71. The number of hydrogen-bond donors (Lipinski definition) is 3. The molecule has 0 spiro atoms. The maximum atomic E-state index is 12.9. The second-order valence-corrected chi connectivity index (χ2v) is 8.16. The Bertz CT molecular complexity index is 1090. The van der Waals surface area contributed by atoms with Gasteiger partial charge in [-0.25, -0.2) is 0 Å². The Morgan fingerprint density at radius 1 is 1.21 bits per heavy atom. The molecule has 1 aromatic carbocycles. The predicted molar refractivity (Wildman–Crippen MR) is 111 cm³/mol. The standard InChI is InChI=1S/C22H19N3O2S/c26-20-16(11-14-7-4-10-23-14)17-12-19(28-22(17)25-20)21(27)24-18-9-3-6-13-5-1-2-8-15(13)18/h1-2,4-5,7-8,10-12,18,23H,3,6,9H2,(H,24,27)(H,25,26)/b16-11-. The molecule has 0 saturated carbocycles. The van der Waals surface area contributed by atoms with Crippen LogP contribution in [0.4, 0.5) is 5.00 Å². The van der Waals surface area contributed by atoms with Gasteiger partial charge in [-0.1, -0.05) is 24.3 Å². The number of carbonyl (C=O) groups excluding carboxylic acids is 2. The predicted octanol–water partition coefficient (Wildman–Crippen LogP) is 4.38. The first kappa shape index (κ1) is 17.0. The third-order valence-corrected chi connectivity index (χ3v) is 6.36. The zero-order valence-electron chi connectivity index (χ0n) is 15.1. The van der Waals surface area contributed by atoms with Crippen molar-refractivity contribution in [3.05, 3.63) is 75.9 Å². The van der Waals surface area contributed by atoms with Crippen molar-refractivity contribution in [1.29, 1.82) is 0 Å². The molecule has 5 rings (SSSR count). The van der Waals surface area contributed by atoms with Crippen LogP contribution in [0.3, 0.4) is 0 Å². The molecule has 3 aromatic rings. The normalized spacial score (nSPS) is 19.2. The van der Waals surface area contributed by atoms with Gasteiger partial charge in [0.05, 0.1) is 16.5 Å². The maximum absolute atomic E-state index is 12.9. The monoisotopic (exact) mass is 389 g/mol. The van der Waals surface area contributed by atoms with Crippen molar-refractivity contribution in [3.8, 4) is 0 Å². The quantitative estimate of drug-likeness (QED) is 0.582. The summed E-state index contributed by atoms with van der Waals surface area (Å²) in [7, 11) is 0. The molecule has 1 atom stereocenters. The molecule has 0 saturated heterocycles. The summed E-state index contributed by atoms with van der Waals surface area (Å²) in [6, 6.07) is 14.0. The molecule has 1 aliphatic heterocycles. The molecule has 28 heavy (non-hydrogen) atoms. The minimum atomic E-state index is -0.135. The van der Waals surface area contributed by atoms with Crippen molar-refractivity contribution in [2.24, 2.45) is 0 Å². The molecule has 6 heteroatoms. The van der Waals surface area contributed by atoms with Crippen LogP contribution in [0, 0.1) is 0 Å². The van der Waals surface area contributed by atoms with E-state index in [2.05, 4.69) is 27.8 Å². The smallest absolute Gasteiger partial charge is 0.261 e. The van der Waals surface area contributed by atoms with E-state index in [0.29, 0.717) is 10.5 Å². The average Bonchev–Trinajstić information content (AvgIpc) is 3.41. The number of aromatic amines is 1. The van der Waals surface area contributed by atoms with Crippen LogP contribution in [0.2, 0.25) is 0 Å². The summed E-state index contributed by atoms with van der Waals surface area (Å²) in [5, 5.41) is 6.79. The first-order chi connectivity index (χ1) is 13.7. The lowest BCUT2D eigenvalue weighted by molar-refractivity contribution is -0.110. The molecule has 5 nitrogen and oxygen atoms in total. The van der Waals surface area contributed by atoms with Crippen molar-refractivity contribution < 1.29 is 9.59 Å². The molecule has 2 amide bonds. The molecular formula is C22H19N3O2S. The summed E-state index contributed by atoms with van der Waals surface area (Å²) < 4.78 is 0. The van der Waals surface area contributed by atoms with Crippen LogP contribution in [0.1, 0.15) is 50.9 Å². The number of aromatic nitrogens is 1. The number of anilines is 1. The molecule has 0 fully saturated rings. The highest BCUT2D eigenvalue weighted by molar-refractivity contribution is 7.18. The number of benzene rings is 1. The van der Waals surface area contributed by atoms with E-state index in [1.807, 2.05) is 42.6 Å². The average molecular weight is 389 g/mol. The first-order valence-electron chi connectivity index (χ1n) is 9.38. The number of hydrogen-bond acceptors (Lipinski definition) is 3. The molecule has 3 N–H and O–H groups in total. The largest absolute Gasteiger partial charge is 0.362 e. The van der Waals surface area contributed by atoms with Crippen LogP contribution in [0.5, 0.6) is 0 Å². The highest BCUT2D eigenvalue weighted by Crippen LogP contribution is 2.40. The fourth-order valence-electron chi connectivity index (χ4n) is 3.95. The van der Waals surface area contributed by atoms with Gasteiger partial charge in [-0.05, 0) is 54.7 Å². The zero-order valence-corrected chi connectivity index (χ0v) is 15.9. The Morgan fingerprint density at radius 3 is 2.96 bits per heavy atom. The van der Waals surface area contributed by atoms with Gasteiger partial charge in [-0.3, -0.25) is 9.59 Å².